The standard InChI is InChI=1S/C14H18N2O/c1-3-4-10-16(2)14(17)13-7-5-6-12(11-13)8-9-15/h5-7,11H,3-4,8,10H2,1-2H3. The van der Waals surface area contributed by atoms with Crippen molar-refractivity contribution in [3.8, 4) is 6.07 Å². The minimum atomic E-state index is 0.0261. The number of nitrogens with zero attached hydrogens (tertiary/aromatic N) is 2. The maximum atomic E-state index is 12.1. The molecule has 0 fully saturated rings. The van der Waals surface area contributed by atoms with Crippen LogP contribution in [0.25, 0.3) is 0 Å². The minimum Gasteiger partial charge on any atom is -0.342 e. The topological polar surface area (TPSA) is 44.1 Å². The molecule has 3 nitrogen and oxygen atoms in total. The van der Waals surface area contributed by atoms with Gasteiger partial charge in [-0.1, -0.05) is 25.5 Å². The number of carbonyl (C=O) groups is 1. The Bertz CT molecular complexity index is 420. The van der Waals surface area contributed by atoms with Gasteiger partial charge in [-0.3, -0.25) is 4.79 Å². The van der Waals surface area contributed by atoms with Gasteiger partial charge < -0.3 is 4.90 Å². The van der Waals surface area contributed by atoms with Crippen LogP contribution in [0.3, 0.4) is 0 Å². The van der Waals surface area contributed by atoms with E-state index in [1.54, 1.807) is 17.0 Å². The van der Waals surface area contributed by atoms with Gasteiger partial charge in [0.1, 0.15) is 0 Å². The molecule has 1 aromatic carbocycles. The summed E-state index contributed by atoms with van der Waals surface area (Å²) < 4.78 is 0. The van der Waals surface area contributed by atoms with E-state index in [1.165, 1.54) is 0 Å². The van der Waals surface area contributed by atoms with E-state index in [2.05, 4.69) is 13.0 Å². The van der Waals surface area contributed by atoms with Crippen LogP contribution < -0.4 is 0 Å². The Morgan fingerprint density at radius 2 is 2.24 bits per heavy atom. The zero-order chi connectivity index (χ0) is 12.7. The summed E-state index contributed by atoms with van der Waals surface area (Å²) in [4.78, 5) is 13.8. The predicted molar refractivity (Wildman–Crippen MR) is 67.6 cm³/mol. The summed E-state index contributed by atoms with van der Waals surface area (Å²) in [5.41, 5.74) is 1.55. The van der Waals surface area contributed by atoms with E-state index in [0.717, 1.165) is 24.9 Å². The molecule has 0 heterocycles. The third-order valence-electron chi connectivity index (χ3n) is 2.65. The number of benzene rings is 1. The normalized spacial score (nSPS) is 9.71. The number of rotatable bonds is 5. The average Bonchev–Trinajstić information content (AvgIpc) is 2.35. The lowest BCUT2D eigenvalue weighted by Gasteiger charge is -2.16. The van der Waals surface area contributed by atoms with Crippen molar-refractivity contribution in [1.82, 2.24) is 4.90 Å². The molecule has 17 heavy (non-hydrogen) atoms. The smallest absolute Gasteiger partial charge is 0.253 e. The molecule has 0 unspecified atom stereocenters. The van der Waals surface area contributed by atoms with E-state index < -0.39 is 0 Å². The molecule has 0 atom stereocenters. The molecule has 0 saturated carbocycles. The number of unbranched alkanes of at least 4 members (excludes halogenated alkanes) is 1. The Kier molecular flexibility index (Phi) is 5.22. The molecule has 0 bridgehead atoms. The van der Waals surface area contributed by atoms with Crippen molar-refractivity contribution >= 4 is 5.91 Å². The fraction of sp³-hybridized carbons (Fsp3) is 0.429. The second-order valence-corrected chi connectivity index (χ2v) is 4.12. The van der Waals surface area contributed by atoms with Crippen molar-refractivity contribution in [2.45, 2.75) is 26.2 Å². The van der Waals surface area contributed by atoms with Crippen LogP contribution in [-0.2, 0) is 6.42 Å². The van der Waals surface area contributed by atoms with E-state index >= 15 is 0 Å². The summed E-state index contributed by atoms with van der Waals surface area (Å²) in [6.07, 6.45) is 2.44. The molecule has 1 amide bonds. The van der Waals surface area contributed by atoms with Crippen LogP contribution in [0.15, 0.2) is 24.3 Å². The molecule has 0 saturated heterocycles. The molecule has 3 heteroatoms. The van der Waals surface area contributed by atoms with E-state index in [-0.39, 0.29) is 5.91 Å². The molecule has 0 aliphatic rings. The number of hydrogen-bond acceptors (Lipinski definition) is 2. The highest BCUT2D eigenvalue weighted by molar-refractivity contribution is 5.94. The highest BCUT2D eigenvalue weighted by Crippen LogP contribution is 2.09. The molecular weight excluding hydrogens is 212 g/mol. The largest absolute Gasteiger partial charge is 0.342 e. The third-order valence-corrected chi connectivity index (χ3v) is 2.65. The summed E-state index contributed by atoms with van der Waals surface area (Å²) in [5.74, 6) is 0.0261. The zero-order valence-electron chi connectivity index (χ0n) is 10.4. The summed E-state index contributed by atoms with van der Waals surface area (Å²) >= 11 is 0. The Morgan fingerprint density at radius 1 is 1.47 bits per heavy atom. The van der Waals surface area contributed by atoms with Crippen molar-refractivity contribution in [1.29, 1.82) is 5.26 Å². The van der Waals surface area contributed by atoms with E-state index in [0.29, 0.717) is 12.0 Å². The van der Waals surface area contributed by atoms with Gasteiger partial charge in [-0.15, -0.1) is 0 Å². The molecule has 1 rings (SSSR count). The van der Waals surface area contributed by atoms with Gasteiger partial charge in [0.15, 0.2) is 0 Å². The Hall–Kier alpha value is -1.82. The van der Waals surface area contributed by atoms with Crippen molar-refractivity contribution in [3.05, 3.63) is 35.4 Å². The molecule has 0 N–H and O–H groups in total. The average molecular weight is 230 g/mol. The van der Waals surface area contributed by atoms with Gasteiger partial charge in [-0.25, -0.2) is 0 Å². The van der Waals surface area contributed by atoms with Crippen molar-refractivity contribution in [3.63, 3.8) is 0 Å². The third kappa shape index (κ3) is 3.92. The second kappa shape index (κ2) is 6.70. The van der Waals surface area contributed by atoms with Crippen LogP contribution in [0.2, 0.25) is 0 Å². The van der Waals surface area contributed by atoms with Gasteiger partial charge in [0.25, 0.3) is 5.91 Å². The molecular formula is C14H18N2O. The second-order valence-electron chi connectivity index (χ2n) is 4.12. The summed E-state index contributed by atoms with van der Waals surface area (Å²) in [5, 5.41) is 8.63. The lowest BCUT2D eigenvalue weighted by molar-refractivity contribution is 0.0793. The quantitative estimate of drug-likeness (QED) is 0.780. The summed E-state index contributed by atoms with van der Waals surface area (Å²) in [6, 6.07) is 9.38. The van der Waals surface area contributed by atoms with Crippen LogP contribution >= 0.6 is 0 Å². The molecule has 0 aromatic heterocycles. The van der Waals surface area contributed by atoms with Crippen molar-refractivity contribution < 1.29 is 4.79 Å². The fourth-order valence-corrected chi connectivity index (χ4v) is 1.62. The first kappa shape index (κ1) is 13.2. The summed E-state index contributed by atoms with van der Waals surface area (Å²) in [6.45, 7) is 2.88. The van der Waals surface area contributed by atoms with Crippen LogP contribution in [-0.4, -0.2) is 24.4 Å². The van der Waals surface area contributed by atoms with E-state index in [4.69, 9.17) is 5.26 Å². The Morgan fingerprint density at radius 3 is 2.88 bits per heavy atom. The number of nitriles is 1. The first-order valence-electron chi connectivity index (χ1n) is 5.90. The van der Waals surface area contributed by atoms with Gasteiger partial charge in [0.2, 0.25) is 0 Å². The van der Waals surface area contributed by atoms with Gasteiger partial charge >= 0.3 is 0 Å². The minimum absolute atomic E-state index is 0.0261. The number of amides is 1. The SMILES string of the molecule is CCCCN(C)C(=O)c1cccc(CC#N)c1. The number of hydrogen-bond donors (Lipinski definition) is 0. The van der Waals surface area contributed by atoms with E-state index in [9.17, 15) is 4.79 Å². The summed E-state index contributed by atoms with van der Waals surface area (Å²) in [7, 11) is 1.81. The van der Waals surface area contributed by atoms with Gasteiger partial charge in [0.05, 0.1) is 12.5 Å². The van der Waals surface area contributed by atoms with Gasteiger partial charge in [-0.05, 0) is 24.1 Å². The molecule has 0 aliphatic heterocycles. The van der Waals surface area contributed by atoms with Crippen LogP contribution in [0.4, 0.5) is 0 Å². The van der Waals surface area contributed by atoms with Crippen LogP contribution in [0, 0.1) is 11.3 Å². The lowest BCUT2D eigenvalue weighted by Crippen LogP contribution is -2.27. The first-order valence-corrected chi connectivity index (χ1v) is 5.90. The Balaban J connectivity index is 2.74. The van der Waals surface area contributed by atoms with E-state index in [1.807, 2.05) is 19.2 Å². The Labute approximate surface area is 103 Å². The predicted octanol–water partition coefficient (Wildman–Crippen LogP) is 2.62. The maximum Gasteiger partial charge on any atom is 0.253 e. The zero-order valence-corrected chi connectivity index (χ0v) is 10.4. The molecule has 0 radical (unpaired) electrons. The maximum absolute atomic E-state index is 12.1. The van der Waals surface area contributed by atoms with Crippen molar-refractivity contribution in [2.75, 3.05) is 13.6 Å². The monoisotopic (exact) mass is 230 g/mol. The molecule has 90 valence electrons. The highest BCUT2D eigenvalue weighted by Gasteiger charge is 2.11. The molecule has 0 aliphatic carbocycles. The van der Waals surface area contributed by atoms with Gasteiger partial charge in [0, 0.05) is 19.2 Å². The van der Waals surface area contributed by atoms with Crippen LogP contribution in [0.5, 0.6) is 0 Å². The highest BCUT2D eigenvalue weighted by atomic mass is 16.2. The van der Waals surface area contributed by atoms with Gasteiger partial charge in [-0.2, -0.15) is 5.26 Å². The lowest BCUT2D eigenvalue weighted by atomic mass is 10.1. The first-order chi connectivity index (χ1) is 8.19. The fourth-order valence-electron chi connectivity index (χ4n) is 1.62. The van der Waals surface area contributed by atoms with Crippen molar-refractivity contribution in [2.24, 2.45) is 0 Å². The number of carbonyl (C=O) groups excluding carboxylic acids is 1. The van der Waals surface area contributed by atoms with Crippen LogP contribution in [0.1, 0.15) is 35.7 Å². The molecule has 0 spiro atoms. The molecule has 1 aromatic rings.